The van der Waals surface area contributed by atoms with Crippen LogP contribution in [-0.2, 0) is 14.8 Å². The van der Waals surface area contributed by atoms with Gasteiger partial charge in [-0.1, -0.05) is 59.3 Å². The topological polar surface area (TPSA) is 92.3 Å². The van der Waals surface area contributed by atoms with Crippen LogP contribution in [0.2, 0.25) is 10.0 Å². The Hall–Kier alpha value is -1.07. The Kier molecular flexibility index (Phi) is 7.53. The fourth-order valence-electron chi connectivity index (χ4n) is 1.86. The van der Waals surface area contributed by atoms with Crippen molar-refractivity contribution in [3.63, 3.8) is 0 Å². The molecule has 0 fully saturated rings. The minimum Gasteiger partial charge on any atom is -0.299 e. The van der Waals surface area contributed by atoms with Crippen molar-refractivity contribution in [2.45, 2.75) is 17.7 Å². The molecule has 7 nitrogen and oxygen atoms in total. The number of halogens is 2. The van der Waals surface area contributed by atoms with Crippen LogP contribution >= 0.6 is 46.3 Å². The second-order valence-corrected chi connectivity index (χ2v) is 10.1. The number of carbonyl (C=O) groups excluding carboxylic acids is 1. The van der Waals surface area contributed by atoms with E-state index in [0.717, 1.165) is 27.1 Å². The van der Waals surface area contributed by atoms with Crippen molar-refractivity contribution in [1.82, 2.24) is 10.2 Å². The van der Waals surface area contributed by atoms with Crippen LogP contribution in [-0.4, -0.2) is 43.1 Å². The Labute approximate surface area is 170 Å². The van der Waals surface area contributed by atoms with E-state index < -0.39 is 22.5 Å². The zero-order valence-corrected chi connectivity index (χ0v) is 17.9. The van der Waals surface area contributed by atoms with Gasteiger partial charge in [0.05, 0.1) is 22.0 Å². The van der Waals surface area contributed by atoms with Crippen LogP contribution < -0.4 is 9.62 Å². The van der Waals surface area contributed by atoms with Crippen molar-refractivity contribution in [1.29, 1.82) is 0 Å². The van der Waals surface area contributed by atoms with E-state index in [1.54, 1.807) is 17.8 Å². The number of hydrogen-bond donors (Lipinski definition) is 1. The van der Waals surface area contributed by atoms with Crippen LogP contribution in [0.4, 0.5) is 10.8 Å². The molecule has 2 aromatic rings. The maximum absolute atomic E-state index is 12.3. The fraction of sp³-hybridized carbons (Fsp3) is 0.357. The molecule has 0 bridgehead atoms. The molecule has 1 N–H and O–H groups in total. The summed E-state index contributed by atoms with van der Waals surface area (Å²) in [7, 11) is -3.76. The molecular formula is C14H16Cl2N4O3S3. The van der Waals surface area contributed by atoms with Crippen LogP contribution in [0.3, 0.4) is 0 Å². The summed E-state index contributed by atoms with van der Waals surface area (Å²) in [5, 5.41) is 11.0. The minimum atomic E-state index is -3.76. The molecule has 142 valence electrons. The van der Waals surface area contributed by atoms with Gasteiger partial charge < -0.3 is 0 Å². The number of rotatable bonds is 8. The summed E-state index contributed by atoms with van der Waals surface area (Å²) < 4.78 is 25.9. The number of benzene rings is 1. The number of sulfonamides is 1. The maximum atomic E-state index is 12.3. The van der Waals surface area contributed by atoms with Crippen LogP contribution in [0.15, 0.2) is 22.5 Å². The third-order valence-corrected chi connectivity index (χ3v) is 7.08. The normalized spacial score (nSPS) is 11.4. The number of anilines is 2. The lowest BCUT2D eigenvalue weighted by Crippen LogP contribution is -2.37. The van der Waals surface area contributed by atoms with Crippen molar-refractivity contribution < 1.29 is 13.2 Å². The highest BCUT2D eigenvalue weighted by atomic mass is 35.5. The Morgan fingerprint density at radius 3 is 2.73 bits per heavy atom. The Balaban J connectivity index is 2.15. The molecule has 1 aromatic heterocycles. The quantitative estimate of drug-likeness (QED) is 0.482. The first kappa shape index (κ1) is 21.2. The molecule has 0 radical (unpaired) electrons. The Morgan fingerprint density at radius 1 is 1.35 bits per heavy atom. The maximum Gasteiger partial charge on any atom is 0.246 e. The Bertz CT molecular complexity index is 889. The molecule has 2 rings (SSSR count). The highest BCUT2D eigenvalue weighted by Crippen LogP contribution is 2.33. The molecule has 0 saturated heterocycles. The summed E-state index contributed by atoms with van der Waals surface area (Å²) in [6.45, 7) is 1.59. The zero-order valence-electron chi connectivity index (χ0n) is 13.9. The predicted octanol–water partition coefficient (Wildman–Crippen LogP) is 3.75. The molecular weight excluding hydrogens is 439 g/mol. The van der Waals surface area contributed by atoms with Gasteiger partial charge >= 0.3 is 0 Å². The van der Waals surface area contributed by atoms with Crippen LogP contribution in [0.5, 0.6) is 0 Å². The molecule has 26 heavy (non-hydrogen) atoms. The van der Waals surface area contributed by atoms with Crippen molar-refractivity contribution in [2.75, 3.05) is 28.2 Å². The lowest BCUT2D eigenvalue weighted by atomic mass is 10.3. The van der Waals surface area contributed by atoms with E-state index in [2.05, 4.69) is 22.4 Å². The number of hydrogen-bond acceptors (Lipinski definition) is 7. The van der Waals surface area contributed by atoms with Gasteiger partial charge in [-0.15, -0.1) is 10.2 Å². The summed E-state index contributed by atoms with van der Waals surface area (Å²) in [5.41, 5.74) is 0.133. The first-order valence-electron chi connectivity index (χ1n) is 7.40. The monoisotopic (exact) mass is 454 g/mol. The SMILES string of the molecule is CCCSc1nnc(NC(=O)CN(c2cccc(Cl)c2Cl)S(C)(=O)=O)s1. The van der Waals surface area contributed by atoms with Gasteiger partial charge in [-0.3, -0.25) is 14.4 Å². The van der Waals surface area contributed by atoms with Gasteiger partial charge in [-0.25, -0.2) is 8.42 Å². The van der Waals surface area contributed by atoms with Crippen molar-refractivity contribution >= 4 is 73.0 Å². The summed E-state index contributed by atoms with van der Waals surface area (Å²) >= 11 is 14.8. The third-order valence-electron chi connectivity index (χ3n) is 2.97. The molecule has 0 unspecified atom stereocenters. The summed E-state index contributed by atoms with van der Waals surface area (Å²) in [5.74, 6) is 0.340. The van der Waals surface area contributed by atoms with Crippen LogP contribution in [0.25, 0.3) is 0 Å². The van der Waals surface area contributed by atoms with Gasteiger partial charge in [-0.2, -0.15) is 0 Å². The molecule has 0 saturated carbocycles. The van der Waals surface area contributed by atoms with E-state index in [0.29, 0.717) is 5.13 Å². The molecule has 1 aromatic carbocycles. The van der Waals surface area contributed by atoms with E-state index >= 15 is 0 Å². The number of nitrogens with zero attached hydrogens (tertiary/aromatic N) is 3. The molecule has 12 heteroatoms. The fourth-order valence-corrected chi connectivity index (χ4v) is 4.87. The van der Waals surface area contributed by atoms with Crippen molar-refractivity contribution in [3.8, 4) is 0 Å². The minimum absolute atomic E-state index is 0.0570. The van der Waals surface area contributed by atoms with Gasteiger partial charge in [0.2, 0.25) is 21.1 Å². The van der Waals surface area contributed by atoms with E-state index in [1.165, 1.54) is 23.5 Å². The van der Waals surface area contributed by atoms with Gasteiger partial charge in [0.25, 0.3) is 0 Å². The molecule has 0 spiro atoms. The smallest absolute Gasteiger partial charge is 0.246 e. The number of aromatic nitrogens is 2. The van der Waals surface area contributed by atoms with Gasteiger partial charge in [0, 0.05) is 5.75 Å². The van der Waals surface area contributed by atoms with Gasteiger partial charge in [-0.05, 0) is 18.6 Å². The standard InChI is InChI=1S/C14H16Cl2N4O3S3/c1-3-7-24-14-19-18-13(25-14)17-11(21)8-20(26(2,22)23)10-6-4-5-9(15)12(10)16/h4-6H,3,7-8H2,1-2H3,(H,17,18,21). The first-order valence-corrected chi connectivity index (χ1v) is 11.8. The summed E-state index contributed by atoms with van der Waals surface area (Å²) in [6, 6.07) is 4.57. The summed E-state index contributed by atoms with van der Waals surface area (Å²) in [4.78, 5) is 12.3. The number of thioether (sulfide) groups is 1. The first-order chi connectivity index (χ1) is 12.2. The predicted molar refractivity (Wildman–Crippen MR) is 108 cm³/mol. The van der Waals surface area contributed by atoms with E-state index in [4.69, 9.17) is 23.2 Å². The molecule has 0 aliphatic rings. The molecule has 1 amide bonds. The van der Waals surface area contributed by atoms with Gasteiger partial charge in [0.1, 0.15) is 6.54 Å². The molecule has 0 atom stereocenters. The highest BCUT2D eigenvalue weighted by molar-refractivity contribution is 8.01. The van der Waals surface area contributed by atoms with E-state index in [-0.39, 0.29) is 15.7 Å². The van der Waals surface area contributed by atoms with Gasteiger partial charge in [0.15, 0.2) is 4.34 Å². The zero-order chi connectivity index (χ0) is 19.3. The van der Waals surface area contributed by atoms with E-state index in [9.17, 15) is 13.2 Å². The lowest BCUT2D eigenvalue weighted by molar-refractivity contribution is -0.114. The van der Waals surface area contributed by atoms with E-state index in [1.807, 2.05) is 0 Å². The summed E-state index contributed by atoms with van der Waals surface area (Å²) in [6.07, 6.45) is 1.98. The number of nitrogens with one attached hydrogen (secondary N) is 1. The van der Waals surface area contributed by atoms with Crippen molar-refractivity contribution in [3.05, 3.63) is 28.2 Å². The average Bonchev–Trinajstić information content (AvgIpc) is 3.00. The Morgan fingerprint density at radius 2 is 2.08 bits per heavy atom. The largest absolute Gasteiger partial charge is 0.299 e. The van der Waals surface area contributed by atoms with Crippen LogP contribution in [0, 0.1) is 0 Å². The second kappa shape index (κ2) is 9.23. The number of carbonyl (C=O) groups is 1. The van der Waals surface area contributed by atoms with Crippen molar-refractivity contribution in [2.24, 2.45) is 0 Å². The van der Waals surface area contributed by atoms with Crippen LogP contribution in [0.1, 0.15) is 13.3 Å². The molecule has 0 aliphatic heterocycles. The second-order valence-electron chi connectivity index (χ2n) is 5.11. The average molecular weight is 455 g/mol. The highest BCUT2D eigenvalue weighted by Gasteiger charge is 2.24. The number of amides is 1. The molecule has 0 aliphatic carbocycles. The molecule has 1 heterocycles. The lowest BCUT2D eigenvalue weighted by Gasteiger charge is -2.22. The third kappa shape index (κ3) is 5.71.